The molecule has 0 amide bonds. The molecule has 0 aliphatic carbocycles. The zero-order chi connectivity index (χ0) is 20.4. The number of fused-ring (bicyclic) bond motifs is 2. The number of hydrogen-bond donors (Lipinski definition) is 0. The van der Waals surface area contributed by atoms with Crippen LogP contribution < -0.4 is 0 Å². The number of piperidine rings is 1. The number of benzene rings is 1. The predicted octanol–water partition coefficient (Wildman–Crippen LogP) is 5.55. The van der Waals surface area contributed by atoms with Gasteiger partial charge < -0.3 is 4.79 Å². The van der Waals surface area contributed by atoms with E-state index in [1.165, 1.54) is 43.2 Å². The third-order valence-electron chi connectivity index (χ3n) is 7.30. The molecule has 0 spiro atoms. The maximum absolute atomic E-state index is 12.2. The number of hydrogen-bond acceptors (Lipinski definition) is 3. The summed E-state index contributed by atoms with van der Waals surface area (Å²) >= 11 is 0. The van der Waals surface area contributed by atoms with Gasteiger partial charge in [0.05, 0.1) is 0 Å². The van der Waals surface area contributed by atoms with Gasteiger partial charge in [0.2, 0.25) is 0 Å². The molecule has 1 aromatic rings. The largest absolute Gasteiger partial charge is 0.300 e. The number of Topliss-reactive ketones (excluding diaryl/α,β-unsaturated/α-hetero) is 2. The maximum atomic E-state index is 12.2. The Kier molecular flexibility index (Phi) is 6.75. The average Bonchev–Trinajstić information content (AvgIpc) is 2.90. The summed E-state index contributed by atoms with van der Waals surface area (Å²) in [5.41, 5.74) is 3.86. The van der Waals surface area contributed by atoms with Crippen molar-refractivity contribution >= 4 is 11.6 Å². The van der Waals surface area contributed by atoms with E-state index in [0.29, 0.717) is 24.8 Å². The van der Waals surface area contributed by atoms with Gasteiger partial charge in [-0.25, -0.2) is 0 Å². The molecule has 28 heavy (non-hydrogen) atoms. The molecule has 2 bridgehead atoms. The van der Waals surface area contributed by atoms with Gasteiger partial charge >= 0.3 is 0 Å². The quantitative estimate of drug-likeness (QED) is 0.591. The summed E-state index contributed by atoms with van der Waals surface area (Å²) in [6.07, 6.45) is 7.56. The summed E-state index contributed by atoms with van der Waals surface area (Å²) in [5.74, 6) is 0.802. The topological polar surface area (TPSA) is 37.4 Å². The molecule has 2 saturated heterocycles. The van der Waals surface area contributed by atoms with Gasteiger partial charge in [0.15, 0.2) is 0 Å². The van der Waals surface area contributed by atoms with Crippen LogP contribution in [0.2, 0.25) is 0 Å². The van der Waals surface area contributed by atoms with Crippen molar-refractivity contribution in [2.24, 2.45) is 0 Å². The summed E-state index contributed by atoms with van der Waals surface area (Å²) in [4.78, 5) is 26.3. The Labute approximate surface area is 170 Å². The molecule has 3 heteroatoms. The van der Waals surface area contributed by atoms with E-state index in [9.17, 15) is 9.59 Å². The second kappa shape index (κ2) is 8.90. The monoisotopic (exact) mass is 383 g/mol. The molecule has 1 aromatic carbocycles. The Morgan fingerprint density at radius 1 is 1.14 bits per heavy atom. The van der Waals surface area contributed by atoms with Crippen molar-refractivity contribution in [3.05, 3.63) is 34.9 Å². The van der Waals surface area contributed by atoms with Crippen LogP contribution in [0.15, 0.2) is 18.2 Å². The lowest BCUT2D eigenvalue weighted by Crippen LogP contribution is -2.47. The van der Waals surface area contributed by atoms with Crippen LogP contribution in [0.25, 0.3) is 0 Å². The minimum Gasteiger partial charge on any atom is -0.300 e. The van der Waals surface area contributed by atoms with Gasteiger partial charge in [0.25, 0.3) is 0 Å². The molecule has 0 aromatic heterocycles. The molecular formula is C25H37NO2. The van der Waals surface area contributed by atoms with Crippen molar-refractivity contribution in [2.45, 2.75) is 110 Å². The van der Waals surface area contributed by atoms with Crippen LogP contribution in [0.1, 0.15) is 101 Å². The van der Waals surface area contributed by atoms with Crippen molar-refractivity contribution in [2.75, 3.05) is 0 Å². The van der Waals surface area contributed by atoms with E-state index in [0.717, 1.165) is 17.6 Å². The third-order valence-corrected chi connectivity index (χ3v) is 7.30. The summed E-state index contributed by atoms with van der Waals surface area (Å²) in [6.45, 7) is 10.1. The number of ketones is 2. The molecule has 3 nitrogen and oxygen atoms in total. The third kappa shape index (κ3) is 4.40. The first-order chi connectivity index (χ1) is 13.3. The number of carbonyl (C=O) groups excluding carboxylic acids is 2. The van der Waals surface area contributed by atoms with E-state index in [1.807, 2.05) is 0 Å². The van der Waals surface area contributed by atoms with Crippen molar-refractivity contribution in [3.8, 4) is 0 Å². The molecule has 2 aliphatic heterocycles. The second-order valence-corrected chi connectivity index (χ2v) is 9.28. The molecule has 2 fully saturated rings. The predicted molar refractivity (Wildman–Crippen MR) is 115 cm³/mol. The minimum atomic E-state index is -0.153. The molecule has 154 valence electrons. The minimum absolute atomic E-state index is 0.153. The molecule has 4 atom stereocenters. The first-order valence-electron chi connectivity index (χ1n) is 11.2. The zero-order valence-electron chi connectivity index (χ0n) is 18.3. The van der Waals surface area contributed by atoms with E-state index < -0.39 is 0 Å². The maximum Gasteiger partial charge on any atom is 0.137 e. The fourth-order valence-corrected chi connectivity index (χ4v) is 5.72. The lowest BCUT2D eigenvalue weighted by Gasteiger charge is -2.43. The number of carbonyl (C=O) groups is 2. The molecule has 4 unspecified atom stereocenters. The molecule has 0 radical (unpaired) electrons. The number of aryl methyl sites for hydroxylation is 1. The Morgan fingerprint density at radius 2 is 1.79 bits per heavy atom. The molecule has 0 saturated carbocycles. The Balaban J connectivity index is 1.76. The highest BCUT2D eigenvalue weighted by Crippen LogP contribution is 2.45. The molecule has 2 aliphatic rings. The first-order valence-corrected chi connectivity index (χ1v) is 11.2. The van der Waals surface area contributed by atoms with Gasteiger partial charge in [-0.05, 0) is 88.8 Å². The van der Waals surface area contributed by atoms with Crippen LogP contribution in [0.3, 0.4) is 0 Å². The Bertz CT molecular complexity index is 711. The smallest absolute Gasteiger partial charge is 0.137 e. The fourth-order valence-electron chi connectivity index (χ4n) is 5.72. The van der Waals surface area contributed by atoms with E-state index in [2.05, 4.69) is 43.9 Å². The molecular weight excluding hydrogens is 346 g/mol. The summed E-state index contributed by atoms with van der Waals surface area (Å²) in [7, 11) is 0. The molecule has 3 rings (SSSR count). The van der Waals surface area contributed by atoms with Crippen LogP contribution in [-0.2, 0) is 9.59 Å². The van der Waals surface area contributed by atoms with Crippen molar-refractivity contribution in [1.29, 1.82) is 0 Å². The number of rotatable bonds is 8. The van der Waals surface area contributed by atoms with Crippen LogP contribution in [0.4, 0.5) is 0 Å². The fraction of sp³-hybridized carbons (Fsp3) is 0.680. The van der Waals surface area contributed by atoms with Gasteiger partial charge in [-0.15, -0.1) is 0 Å². The summed E-state index contributed by atoms with van der Waals surface area (Å²) in [6, 6.07) is 8.80. The van der Waals surface area contributed by atoms with E-state index in [4.69, 9.17) is 0 Å². The molecule has 2 heterocycles. The highest BCUT2D eigenvalue weighted by molar-refractivity contribution is 5.84. The second-order valence-electron chi connectivity index (χ2n) is 9.28. The van der Waals surface area contributed by atoms with Crippen molar-refractivity contribution in [3.63, 3.8) is 0 Å². The van der Waals surface area contributed by atoms with E-state index in [-0.39, 0.29) is 17.5 Å². The highest BCUT2D eigenvalue weighted by atomic mass is 16.1. The van der Waals surface area contributed by atoms with Gasteiger partial charge in [-0.3, -0.25) is 9.69 Å². The van der Waals surface area contributed by atoms with Crippen molar-refractivity contribution < 1.29 is 9.59 Å². The van der Waals surface area contributed by atoms with Crippen molar-refractivity contribution in [1.82, 2.24) is 4.90 Å². The Morgan fingerprint density at radius 3 is 2.29 bits per heavy atom. The van der Waals surface area contributed by atoms with Gasteiger partial charge in [-0.2, -0.15) is 0 Å². The lowest BCUT2D eigenvalue weighted by molar-refractivity contribution is -0.119. The summed E-state index contributed by atoms with van der Waals surface area (Å²) < 4.78 is 0. The lowest BCUT2D eigenvalue weighted by atomic mass is 9.80. The highest BCUT2D eigenvalue weighted by Gasteiger charge is 2.42. The van der Waals surface area contributed by atoms with Gasteiger partial charge in [0, 0.05) is 30.5 Å². The average molecular weight is 384 g/mol. The van der Waals surface area contributed by atoms with E-state index in [1.54, 1.807) is 13.8 Å². The standard InChI is InChI=1S/C25H37NO2/c1-6-17(3)26-22-9-10-23(26)15-21(14-22)24-12-8-20(13-16(24)2)25(19(5)28)11-7-18(4)27/h8,12-13,17,21-23,25H,6-7,9-11,14-15H2,1-5H3. The van der Waals surface area contributed by atoms with Gasteiger partial charge in [0.1, 0.15) is 11.6 Å². The zero-order valence-corrected chi connectivity index (χ0v) is 18.3. The Hall–Kier alpha value is -1.48. The summed E-state index contributed by atoms with van der Waals surface area (Å²) in [5, 5.41) is 0. The van der Waals surface area contributed by atoms with E-state index >= 15 is 0 Å². The van der Waals surface area contributed by atoms with Crippen LogP contribution in [-0.4, -0.2) is 34.6 Å². The van der Waals surface area contributed by atoms with Gasteiger partial charge in [-0.1, -0.05) is 25.1 Å². The SMILES string of the molecule is CCC(C)N1C2CCC1CC(c1ccc(C(CCC(C)=O)C(C)=O)cc1C)C2. The first kappa shape index (κ1) is 21.2. The van der Waals surface area contributed by atoms with Crippen LogP contribution in [0, 0.1) is 6.92 Å². The normalized spacial score (nSPS) is 26.8. The molecule has 0 N–H and O–H groups in total. The number of nitrogens with zero attached hydrogens (tertiary/aromatic N) is 1. The van der Waals surface area contributed by atoms with Crippen LogP contribution in [0.5, 0.6) is 0 Å². The van der Waals surface area contributed by atoms with Crippen LogP contribution >= 0.6 is 0 Å².